The number of nitrogens with zero attached hydrogens (tertiary/aromatic N) is 1. The second-order valence-corrected chi connectivity index (χ2v) is 7.73. The SMILES string of the molecule is CCCCOc1cc2c(nc1Cl)-c1[nH]c(=O)c(C(=O)OC)cc1C(C(C)C)C2. The Kier molecular flexibility index (Phi) is 6.08. The van der Waals surface area contributed by atoms with E-state index in [1.807, 2.05) is 6.07 Å². The summed E-state index contributed by atoms with van der Waals surface area (Å²) in [7, 11) is 1.26. The molecule has 1 N–H and O–H groups in total. The number of hydrogen-bond acceptors (Lipinski definition) is 5. The van der Waals surface area contributed by atoms with Crippen molar-refractivity contribution in [3.05, 3.63) is 44.3 Å². The van der Waals surface area contributed by atoms with Gasteiger partial charge in [0.1, 0.15) is 5.56 Å². The molecule has 1 aliphatic rings. The van der Waals surface area contributed by atoms with Gasteiger partial charge in [0.15, 0.2) is 10.9 Å². The van der Waals surface area contributed by atoms with E-state index in [-0.39, 0.29) is 16.6 Å². The standard InChI is InChI=1S/C21H25ClN2O4/c1-5-6-7-28-16-9-12-8-13(11(2)3)14-10-15(21(26)27-4)20(25)24-18(14)17(12)23-19(16)22/h9-11,13H,5-8H2,1-4H3,(H,24,25). The Balaban J connectivity index is 2.13. The second kappa shape index (κ2) is 8.35. The maximum absolute atomic E-state index is 12.5. The number of carbonyl (C=O) groups is 1. The van der Waals surface area contributed by atoms with E-state index in [1.54, 1.807) is 6.07 Å². The number of hydrogen-bond donors (Lipinski definition) is 1. The molecule has 2 aromatic rings. The minimum atomic E-state index is -0.650. The number of methoxy groups -OCH3 is 1. The fourth-order valence-corrected chi connectivity index (χ4v) is 3.74. The number of ether oxygens (including phenoxy) is 2. The Hall–Kier alpha value is -2.34. The van der Waals surface area contributed by atoms with E-state index in [0.717, 1.165) is 30.4 Å². The quantitative estimate of drug-likeness (QED) is 0.439. The molecule has 1 atom stereocenters. The summed E-state index contributed by atoms with van der Waals surface area (Å²) in [5.41, 5.74) is 2.60. The van der Waals surface area contributed by atoms with Gasteiger partial charge in [-0.15, -0.1) is 0 Å². The van der Waals surface area contributed by atoms with Gasteiger partial charge in [-0.3, -0.25) is 4.79 Å². The summed E-state index contributed by atoms with van der Waals surface area (Å²) in [5.74, 6) is 0.328. The van der Waals surface area contributed by atoms with Gasteiger partial charge in [0, 0.05) is 0 Å². The maximum Gasteiger partial charge on any atom is 0.343 e. The fraction of sp³-hybridized carbons (Fsp3) is 0.476. The Bertz CT molecular complexity index is 952. The van der Waals surface area contributed by atoms with Crippen LogP contribution in [-0.2, 0) is 11.2 Å². The van der Waals surface area contributed by atoms with Crippen LogP contribution in [0.5, 0.6) is 5.75 Å². The normalized spacial score (nSPS) is 15.1. The van der Waals surface area contributed by atoms with Crippen LogP contribution in [0.3, 0.4) is 0 Å². The van der Waals surface area contributed by atoms with Gasteiger partial charge in [0.05, 0.1) is 25.1 Å². The van der Waals surface area contributed by atoms with Gasteiger partial charge in [-0.1, -0.05) is 38.8 Å². The number of esters is 1. The van der Waals surface area contributed by atoms with E-state index >= 15 is 0 Å². The number of fused-ring (bicyclic) bond motifs is 3. The molecule has 2 aromatic heterocycles. The number of nitrogens with one attached hydrogen (secondary N) is 1. The van der Waals surface area contributed by atoms with Crippen LogP contribution in [0, 0.1) is 5.92 Å². The lowest BCUT2D eigenvalue weighted by Crippen LogP contribution is -2.26. The van der Waals surface area contributed by atoms with Gasteiger partial charge in [-0.2, -0.15) is 0 Å². The summed E-state index contributed by atoms with van der Waals surface area (Å²) in [4.78, 5) is 31.8. The summed E-state index contributed by atoms with van der Waals surface area (Å²) < 4.78 is 10.5. The molecule has 0 fully saturated rings. The Morgan fingerprint density at radius 2 is 2.14 bits per heavy atom. The van der Waals surface area contributed by atoms with E-state index < -0.39 is 11.5 Å². The Morgan fingerprint density at radius 1 is 1.39 bits per heavy atom. The van der Waals surface area contributed by atoms with Crippen molar-refractivity contribution in [3.63, 3.8) is 0 Å². The van der Waals surface area contributed by atoms with E-state index in [9.17, 15) is 9.59 Å². The van der Waals surface area contributed by atoms with Crippen LogP contribution in [0.1, 0.15) is 61.0 Å². The molecule has 3 rings (SSSR count). The average Bonchev–Trinajstić information content (AvgIpc) is 2.67. The fourth-order valence-electron chi connectivity index (χ4n) is 3.55. The van der Waals surface area contributed by atoms with E-state index in [2.05, 4.69) is 30.7 Å². The summed E-state index contributed by atoms with van der Waals surface area (Å²) in [6, 6.07) is 3.56. The van der Waals surface area contributed by atoms with Gasteiger partial charge in [-0.25, -0.2) is 9.78 Å². The first-order valence-electron chi connectivity index (χ1n) is 9.55. The van der Waals surface area contributed by atoms with E-state index in [4.69, 9.17) is 21.1 Å². The topological polar surface area (TPSA) is 81.3 Å². The Morgan fingerprint density at radius 3 is 2.79 bits per heavy atom. The molecule has 0 radical (unpaired) electrons. The van der Waals surface area contributed by atoms with Crippen molar-refractivity contribution < 1.29 is 14.3 Å². The first kappa shape index (κ1) is 20.4. The second-order valence-electron chi connectivity index (χ2n) is 7.38. The molecule has 0 saturated carbocycles. The van der Waals surface area contributed by atoms with Gasteiger partial charge < -0.3 is 14.5 Å². The van der Waals surface area contributed by atoms with Gasteiger partial charge in [0.25, 0.3) is 5.56 Å². The van der Waals surface area contributed by atoms with Gasteiger partial charge >= 0.3 is 5.97 Å². The third kappa shape index (κ3) is 3.78. The first-order chi connectivity index (χ1) is 13.4. The summed E-state index contributed by atoms with van der Waals surface area (Å²) in [6.07, 6.45) is 2.69. The number of H-pyrrole nitrogens is 1. The largest absolute Gasteiger partial charge is 0.490 e. The summed E-state index contributed by atoms with van der Waals surface area (Å²) in [6.45, 7) is 6.91. The molecule has 0 aromatic carbocycles. The third-order valence-corrected chi connectivity index (χ3v) is 5.41. The number of rotatable bonds is 6. The molecule has 6 nitrogen and oxygen atoms in total. The highest BCUT2D eigenvalue weighted by molar-refractivity contribution is 6.31. The zero-order valence-corrected chi connectivity index (χ0v) is 17.4. The van der Waals surface area contributed by atoms with Crippen LogP contribution in [0.15, 0.2) is 16.9 Å². The average molecular weight is 405 g/mol. The molecule has 150 valence electrons. The smallest absolute Gasteiger partial charge is 0.343 e. The van der Waals surface area contributed by atoms with Crippen LogP contribution < -0.4 is 10.3 Å². The molecular weight excluding hydrogens is 380 g/mol. The van der Waals surface area contributed by atoms with Crippen molar-refractivity contribution in [2.24, 2.45) is 5.92 Å². The molecule has 2 heterocycles. The highest BCUT2D eigenvalue weighted by atomic mass is 35.5. The molecule has 1 unspecified atom stereocenters. The van der Waals surface area contributed by atoms with E-state index in [1.165, 1.54) is 7.11 Å². The zero-order chi connectivity index (χ0) is 20.4. The highest BCUT2D eigenvalue weighted by Gasteiger charge is 2.31. The predicted molar refractivity (Wildman–Crippen MR) is 108 cm³/mol. The van der Waals surface area contributed by atoms with Crippen LogP contribution in [0.4, 0.5) is 0 Å². The Labute approximate surface area is 169 Å². The predicted octanol–water partition coefficient (Wildman–Crippen LogP) is 4.35. The number of aromatic amines is 1. The molecule has 0 bridgehead atoms. The molecule has 0 aliphatic heterocycles. The van der Waals surface area contributed by atoms with Gasteiger partial charge in [0.2, 0.25) is 0 Å². The number of unbranched alkanes of at least 4 members (excludes halogenated alkanes) is 1. The number of pyridine rings is 2. The monoisotopic (exact) mass is 404 g/mol. The third-order valence-electron chi connectivity index (χ3n) is 5.14. The maximum atomic E-state index is 12.5. The molecule has 28 heavy (non-hydrogen) atoms. The highest BCUT2D eigenvalue weighted by Crippen LogP contribution is 2.43. The van der Waals surface area contributed by atoms with E-state index in [0.29, 0.717) is 29.7 Å². The van der Waals surface area contributed by atoms with Crippen LogP contribution >= 0.6 is 11.6 Å². The summed E-state index contributed by atoms with van der Waals surface area (Å²) >= 11 is 6.35. The van der Waals surface area contributed by atoms with Crippen LogP contribution in [-0.4, -0.2) is 29.7 Å². The van der Waals surface area contributed by atoms with Crippen molar-refractivity contribution in [2.45, 2.75) is 46.0 Å². The minimum Gasteiger partial charge on any atom is -0.490 e. The summed E-state index contributed by atoms with van der Waals surface area (Å²) in [5, 5.41) is 0.265. The molecule has 0 spiro atoms. The lowest BCUT2D eigenvalue weighted by atomic mass is 9.77. The molecule has 7 heteroatoms. The number of carbonyl (C=O) groups excluding carboxylic acids is 1. The van der Waals surface area contributed by atoms with Crippen molar-refractivity contribution in [1.29, 1.82) is 0 Å². The van der Waals surface area contributed by atoms with Crippen molar-refractivity contribution in [1.82, 2.24) is 9.97 Å². The molecule has 1 aliphatic carbocycles. The number of aromatic nitrogens is 2. The number of halogens is 1. The molecular formula is C21H25ClN2O4. The molecule has 0 saturated heterocycles. The lowest BCUT2D eigenvalue weighted by Gasteiger charge is -2.30. The van der Waals surface area contributed by atoms with Gasteiger partial charge in [-0.05, 0) is 47.9 Å². The molecule has 0 amide bonds. The first-order valence-corrected chi connectivity index (χ1v) is 9.93. The van der Waals surface area contributed by atoms with Crippen molar-refractivity contribution >= 4 is 17.6 Å². The lowest BCUT2D eigenvalue weighted by molar-refractivity contribution is 0.0598. The van der Waals surface area contributed by atoms with Crippen molar-refractivity contribution in [3.8, 4) is 17.1 Å². The van der Waals surface area contributed by atoms with Crippen LogP contribution in [0.2, 0.25) is 5.15 Å². The van der Waals surface area contributed by atoms with Crippen molar-refractivity contribution in [2.75, 3.05) is 13.7 Å². The zero-order valence-electron chi connectivity index (χ0n) is 16.6. The minimum absolute atomic E-state index is 0.000894. The van der Waals surface area contributed by atoms with Crippen LogP contribution in [0.25, 0.3) is 11.4 Å².